The number of carbonyl (C=O) groups excluding carboxylic acids is 1. The van der Waals surface area contributed by atoms with Crippen molar-refractivity contribution in [3.05, 3.63) is 64.2 Å². The first kappa shape index (κ1) is 18.1. The Morgan fingerprint density at radius 2 is 1.76 bits per heavy atom. The average Bonchev–Trinajstić information content (AvgIpc) is 2.59. The van der Waals surface area contributed by atoms with Crippen molar-refractivity contribution >= 4 is 17.6 Å². The molecule has 0 saturated heterocycles. The van der Waals surface area contributed by atoms with Gasteiger partial charge in [0.25, 0.3) is 11.6 Å². The van der Waals surface area contributed by atoms with Gasteiger partial charge >= 0.3 is 5.97 Å². The molecule has 0 unspecified atom stereocenters. The topological polar surface area (TPSA) is 110 Å². The van der Waals surface area contributed by atoms with Crippen molar-refractivity contribution in [1.82, 2.24) is 5.32 Å². The van der Waals surface area contributed by atoms with E-state index in [9.17, 15) is 19.7 Å². The Hall–Kier alpha value is -3.22. The molecule has 7 heteroatoms. The Labute approximate surface area is 144 Å². The quantitative estimate of drug-likeness (QED) is 0.619. The average molecular weight is 342 g/mol. The highest BCUT2D eigenvalue weighted by Gasteiger charge is 2.25. The largest absolute Gasteiger partial charge is 0.480 e. The molecule has 0 spiro atoms. The van der Waals surface area contributed by atoms with Crippen LogP contribution in [0.15, 0.2) is 48.5 Å². The Morgan fingerprint density at radius 1 is 1.12 bits per heavy atom. The van der Waals surface area contributed by atoms with Gasteiger partial charge in [0.05, 0.1) is 10.5 Å². The van der Waals surface area contributed by atoms with Crippen LogP contribution in [0.4, 0.5) is 5.69 Å². The van der Waals surface area contributed by atoms with Gasteiger partial charge in [-0.2, -0.15) is 0 Å². The molecule has 2 N–H and O–H groups in total. The number of nitro benzene ring substituents is 1. The maximum Gasteiger partial charge on any atom is 0.326 e. The molecule has 0 aromatic heterocycles. The zero-order valence-corrected chi connectivity index (χ0v) is 13.8. The number of hydrogen-bond donors (Lipinski definition) is 2. The number of rotatable bonds is 6. The van der Waals surface area contributed by atoms with Crippen LogP contribution in [0, 0.1) is 16.0 Å². The van der Waals surface area contributed by atoms with Crippen LogP contribution in [0.2, 0.25) is 0 Å². The lowest BCUT2D eigenvalue weighted by molar-refractivity contribution is -0.384. The molecular formula is C18H18N2O5. The molecule has 2 rings (SSSR count). The van der Waals surface area contributed by atoms with E-state index in [0.717, 1.165) is 6.07 Å². The highest BCUT2D eigenvalue weighted by molar-refractivity contribution is 5.98. The van der Waals surface area contributed by atoms with Crippen molar-refractivity contribution in [3.8, 4) is 11.1 Å². The van der Waals surface area contributed by atoms with Crippen molar-refractivity contribution < 1.29 is 19.6 Å². The van der Waals surface area contributed by atoms with Crippen molar-refractivity contribution in [2.75, 3.05) is 0 Å². The molecule has 0 aliphatic rings. The fraction of sp³-hybridized carbons (Fsp3) is 0.222. The van der Waals surface area contributed by atoms with Gasteiger partial charge in [0, 0.05) is 11.6 Å². The van der Waals surface area contributed by atoms with E-state index in [1.54, 1.807) is 44.2 Å². The van der Waals surface area contributed by atoms with E-state index < -0.39 is 22.8 Å². The van der Waals surface area contributed by atoms with E-state index in [1.165, 1.54) is 12.1 Å². The molecular weight excluding hydrogens is 324 g/mol. The summed E-state index contributed by atoms with van der Waals surface area (Å²) in [4.78, 5) is 34.3. The second-order valence-corrected chi connectivity index (χ2v) is 5.89. The lowest BCUT2D eigenvalue weighted by Gasteiger charge is -2.18. The van der Waals surface area contributed by atoms with Crippen LogP contribution in [0.1, 0.15) is 24.2 Å². The minimum Gasteiger partial charge on any atom is -0.480 e. The van der Waals surface area contributed by atoms with Gasteiger partial charge in [0.15, 0.2) is 0 Å². The Kier molecular flexibility index (Phi) is 5.49. The molecule has 0 aliphatic heterocycles. The lowest BCUT2D eigenvalue weighted by Crippen LogP contribution is -2.44. The number of benzene rings is 2. The third-order valence-corrected chi connectivity index (χ3v) is 3.76. The van der Waals surface area contributed by atoms with E-state index in [-0.39, 0.29) is 17.2 Å². The van der Waals surface area contributed by atoms with Crippen LogP contribution in [-0.2, 0) is 4.79 Å². The van der Waals surface area contributed by atoms with Crippen molar-refractivity contribution in [2.24, 2.45) is 5.92 Å². The summed E-state index contributed by atoms with van der Waals surface area (Å²) in [6.45, 7) is 3.33. The molecule has 7 nitrogen and oxygen atoms in total. The maximum atomic E-state index is 12.3. The molecule has 0 fully saturated rings. The van der Waals surface area contributed by atoms with Gasteiger partial charge < -0.3 is 10.4 Å². The van der Waals surface area contributed by atoms with Crippen LogP contribution in [0.25, 0.3) is 11.1 Å². The Morgan fingerprint density at radius 3 is 2.28 bits per heavy atom. The zero-order chi connectivity index (χ0) is 18.6. The fourth-order valence-electron chi connectivity index (χ4n) is 2.42. The van der Waals surface area contributed by atoms with E-state index >= 15 is 0 Å². The molecule has 0 heterocycles. The molecule has 130 valence electrons. The molecule has 0 bridgehead atoms. The summed E-state index contributed by atoms with van der Waals surface area (Å²) in [6.07, 6.45) is 0. The summed E-state index contributed by atoms with van der Waals surface area (Å²) in [7, 11) is 0. The zero-order valence-electron chi connectivity index (χ0n) is 13.8. The summed E-state index contributed by atoms with van der Waals surface area (Å²) in [5.74, 6) is -2.14. The monoisotopic (exact) mass is 342 g/mol. The summed E-state index contributed by atoms with van der Waals surface area (Å²) >= 11 is 0. The van der Waals surface area contributed by atoms with Gasteiger partial charge in [-0.1, -0.05) is 44.2 Å². The number of aliphatic carboxylic acids is 1. The third-order valence-electron chi connectivity index (χ3n) is 3.76. The summed E-state index contributed by atoms with van der Waals surface area (Å²) in [6, 6.07) is 11.8. The predicted molar refractivity (Wildman–Crippen MR) is 92.3 cm³/mol. The van der Waals surface area contributed by atoms with Crippen LogP contribution < -0.4 is 5.32 Å². The normalized spacial score (nSPS) is 11.8. The van der Waals surface area contributed by atoms with Crippen molar-refractivity contribution in [3.63, 3.8) is 0 Å². The number of nitrogens with one attached hydrogen (secondary N) is 1. The molecule has 0 radical (unpaired) electrons. The number of carboxylic acids is 1. The van der Waals surface area contributed by atoms with E-state index in [0.29, 0.717) is 11.1 Å². The number of carbonyl (C=O) groups is 2. The number of hydrogen-bond acceptors (Lipinski definition) is 4. The first-order chi connectivity index (χ1) is 11.8. The number of nitrogens with zero attached hydrogens (tertiary/aromatic N) is 1. The highest BCUT2D eigenvalue weighted by Crippen LogP contribution is 2.30. The molecule has 0 saturated carbocycles. The van der Waals surface area contributed by atoms with Crippen LogP contribution in [0.5, 0.6) is 0 Å². The van der Waals surface area contributed by atoms with E-state index in [2.05, 4.69) is 5.32 Å². The maximum absolute atomic E-state index is 12.3. The number of nitro groups is 1. The summed E-state index contributed by atoms with van der Waals surface area (Å²) in [5.41, 5.74) is 0.876. The van der Waals surface area contributed by atoms with Gasteiger partial charge in [-0.3, -0.25) is 14.9 Å². The summed E-state index contributed by atoms with van der Waals surface area (Å²) < 4.78 is 0. The molecule has 2 aromatic rings. The van der Waals surface area contributed by atoms with Crippen LogP contribution in [0.3, 0.4) is 0 Å². The van der Waals surface area contributed by atoms with Crippen molar-refractivity contribution in [1.29, 1.82) is 0 Å². The van der Waals surface area contributed by atoms with Gasteiger partial charge in [0.2, 0.25) is 0 Å². The van der Waals surface area contributed by atoms with Gasteiger partial charge in [-0.25, -0.2) is 4.79 Å². The second-order valence-electron chi connectivity index (χ2n) is 5.89. The fourth-order valence-corrected chi connectivity index (χ4v) is 2.42. The van der Waals surface area contributed by atoms with E-state index in [4.69, 9.17) is 5.11 Å². The van der Waals surface area contributed by atoms with E-state index in [1.807, 2.05) is 0 Å². The lowest BCUT2D eigenvalue weighted by atomic mass is 10.0. The van der Waals surface area contributed by atoms with Crippen LogP contribution >= 0.6 is 0 Å². The molecule has 1 amide bonds. The molecule has 2 aromatic carbocycles. The molecule has 0 aliphatic carbocycles. The minimum absolute atomic E-state index is 0.0401. The first-order valence-electron chi connectivity index (χ1n) is 7.68. The second kappa shape index (κ2) is 7.57. The van der Waals surface area contributed by atoms with Gasteiger partial charge in [-0.05, 0) is 23.6 Å². The number of amides is 1. The van der Waals surface area contributed by atoms with Gasteiger partial charge in [0.1, 0.15) is 6.04 Å². The van der Waals surface area contributed by atoms with Gasteiger partial charge in [-0.15, -0.1) is 0 Å². The summed E-state index contributed by atoms with van der Waals surface area (Å²) in [5, 5.41) is 22.9. The molecule has 25 heavy (non-hydrogen) atoms. The SMILES string of the molecule is CC(C)[C@H](NC(=O)c1ccc(-c2ccccc2)c([N+](=O)[O-])c1)C(=O)O. The minimum atomic E-state index is -1.15. The number of carboxylic acid groups (broad SMARTS) is 1. The molecule has 1 atom stereocenters. The van der Waals surface area contributed by atoms with Crippen LogP contribution in [-0.4, -0.2) is 27.9 Å². The third kappa shape index (κ3) is 4.20. The predicted octanol–water partition coefficient (Wildman–Crippen LogP) is 3.10. The smallest absolute Gasteiger partial charge is 0.326 e. The first-order valence-corrected chi connectivity index (χ1v) is 7.68. The van der Waals surface area contributed by atoms with Crippen molar-refractivity contribution in [2.45, 2.75) is 19.9 Å². The standard InChI is InChI=1S/C18H18N2O5/c1-11(2)16(18(22)23)19-17(21)13-8-9-14(15(10-13)20(24)25)12-6-4-3-5-7-12/h3-11,16H,1-2H3,(H,19,21)(H,22,23)/t16-/m0/s1. The Balaban J connectivity index is 2.37. The Bertz CT molecular complexity index is 802. The highest BCUT2D eigenvalue weighted by atomic mass is 16.6.